The number of carbonyl (C=O) groups excluding carboxylic acids is 1. The van der Waals surface area contributed by atoms with E-state index < -0.39 is 0 Å². The molecule has 2 aromatic carbocycles. The number of carbonyl (C=O) groups is 1. The Balaban J connectivity index is 1.54. The van der Waals surface area contributed by atoms with Gasteiger partial charge in [-0.05, 0) is 24.6 Å². The van der Waals surface area contributed by atoms with E-state index >= 15 is 0 Å². The molecule has 7 heteroatoms. The van der Waals surface area contributed by atoms with Crippen molar-refractivity contribution in [1.29, 1.82) is 0 Å². The normalized spacial score (nSPS) is 10.6. The summed E-state index contributed by atoms with van der Waals surface area (Å²) in [5.74, 6) is 0.0609. The highest BCUT2D eigenvalue weighted by molar-refractivity contribution is 7.15. The van der Waals surface area contributed by atoms with Crippen LogP contribution in [0.1, 0.15) is 16.0 Å². The zero-order chi connectivity index (χ0) is 18.5. The van der Waals surface area contributed by atoms with Crippen LogP contribution in [0.2, 0.25) is 10.0 Å². The maximum atomic E-state index is 12.0. The van der Waals surface area contributed by atoms with Crippen molar-refractivity contribution >= 4 is 45.6 Å². The number of hydrogen-bond acceptors (Lipinski definition) is 4. The van der Waals surface area contributed by atoms with Gasteiger partial charge in [-0.1, -0.05) is 53.0 Å². The number of nitrogens with zero attached hydrogens (tertiary/aromatic N) is 1. The molecule has 0 fully saturated rings. The molecule has 134 valence electrons. The zero-order valence-electron chi connectivity index (χ0n) is 14.0. The predicted molar refractivity (Wildman–Crippen MR) is 107 cm³/mol. The number of ether oxygens (including phenoxy) is 1. The number of anilines is 1. The fourth-order valence-corrected chi connectivity index (χ4v) is 3.44. The van der Waals surface area contributed by atoms with Gasteiger partial charge in [0.05, 0.1) is 5.02 Å². The topological polar surface area (TPSA) is 51.2 Å². The van der Waals surface area contributed by atoms with Crippen LogP contribution in [-0.2, 0) is 11.2 Å². The second-order valence-corrected chi connectivity index (χ2v) is 7.66. The smallest absolute Gasteiger partial charge is 0.264 e. The average Bonchev–Trinajstić information content (AvgIpc) is 3.04. The molecule has 0 aliphatic rings. The van der Waals surface area contributed by atoms with Gasteiger partial charge < -0.3 is 4.74 Å². The Morgan fingerprint density at radius 3 is 2.73 bits per heavy atom. The highest BCUT2D eigenvalue weighted by Gasteiger charge is 2.10. The van der Waals surface area contributed by atoms with Gasteiger partial charge in [-0.25, -0.2) is 4.98 Å². The molecule has 3 rings (SSSR count). The summed E-state index contributed by atoms with van der Waals surface area (Å²) >= 11 is 13.3. The summed E-state index contributed by atoms with van der Waals surface area (Å²) in [5.41, 5.74) is 2.43. The second kappa shape index (κ2) is 8.54. The molecule has 1 amide bonds. The number of hydrogen-bond donors (Lipinski definition) is 1. The number of benzene rings is 2. The van der Waals surface area contributed by atoms with Gasteiger partial charge in [0.25, 0.3) is 5.91 Å². The van der Waals surface area contributed by atoms with Crippen molar-refractivity contribution in [3.8, 4) is 5.75 Å². The Hall–Kier alpha value is -2.08. The molecule has 0 unspecified atom stereocenters. The zero-order valence-corrected chi connectivity index (χ0v) is 16.3. The summed E-state index contributed by atoms with van der Waals surface area (Å²) in [4.78, 5) is 17.4. The lowest BCUT2D eigenvalue weighted by molar-refractivity contribution is -0.118. The highest BCUT2D eigenvalue weighted by atomic mass is 35.5. The molecule has 0 aliphatic heterocycles. The number of aromatic nitrogens is 1. The van der Waals surface area contributed by atoms with Crippen molar-refractivity contribution in [2.24, 2.45) is 0 Å². The van der Waals surface area contributed by atoms with Crippen LogP contribution in [0.25, 0.3) is 0 Å². The Morgan fingerprint density at radius 2 is 1.96 bits per heavy atom. The fourth-order valence-electron chi connectivity index (χ4n) is 2.24. The molecule has 0 aliphatic carbocycles. The molecule has 4 nitrogen and oxygen atoms in total. The molecule has 0 spiro atoms. The van der Waals surface area contributed by atoms with Gasteiger partial charge in [0.1, 0.15) is 5.75 Å². The number of nitrogens with one attached hydrogen (secondary N) is 1. The number of halogens is 2. The van der Waals surface area contributed by atoms with Crippen LogP contribution < -0.4 is 10.1 Å². The minimum absolute atomic E-state index is 0.174. The van der Waals surface area contributed by atoms with Crippen LogP contribution in [0.5, 0.6) is 5.75 Å². The van der Waals surface area contributed by atoms with Crippen LogP contribution >= 0.6 is 34.5 Å². The maximum absolute atomic E-state index is 12.0. The van der Waals surface area contributed by atoms with E-state index in [0.717, 1.165) is 11.3 Å². The van der Waals surface area contributed by atoms with E-state index in [4.69, 9.17) is 27.9 Å². The number of rotatable bonds is 6. The van der Waals surface area contributed by atoms with E-state index in [1.807, 2.05) is 0 Å². The average molecular weight is 407 g/mol. The number of amides is 1. The monoisotopic (exact) mass is 406 g/mol. The van der Waals surface area contributed by atoms with E-state index in [2.05, 4.69) is 41.5 Å². The first-order valence-electron chi connectivity index (χ1n) is 7.87. The standard InChI is InChI=1S/C19H16Cl2N2O2S/c1-12-2-4-13(5-3-12)8-15-10-22-19(26-15)23-18(24)11-25-17-9-14(20)6-7-16(17)21/h2-7,9-10H,8,11H2,1H3,(H,22,23,24). The van der Waals surface area contributed by atoms with Gasteiger partial charge in [-0.3, -0.25) is 10.1 Å². The first-order valence-corrected chi connectivity index (χ1v) is 9.45. The van der Waals surface area contributed by atoms with Crippen LogP contribution in [-0.4, -0.2) is 17.5 Å². The Morgan fingerprint density at radius 1 is 1.19 bits per heavy atom. The maximum Gasteiger partial charge on any atom is 0.264 e. The second-order valence-electron chi connectivity index (χ2n) is 5.71. The summed E-state index contributed by atoms with van der Waals surface area (Å²) in [6.45, 7) is 1.88. The number of thiazole rings is 1. The first-order chi connectivity index (χ1) is 12.5. The molecule has 0 radical (unpaired) electrons. The SMILES string of the molecule is Cc1ccc(Cc2cnc(NC(=O)COc3cc(Cl)ccc3Cl)s2)cc1. The largest absolute Gasteiger partial charge is 0.482 e. The molecule has 0 bridgehead atoms. The number of aryl methyl sites for hydroxylation is 1. The quantitative estimate of drug-likeness (QED) is 0.598. The molecule has 1 aromatic heterocycles. The van der Waals surface area contributed by atoms with Gasteiger partial charge in [0.15, 0.2) is 11.7 Å². The van der Waals surface area contributed by atoms with Crippen LogP contribution in [0, 0.1) is 6.92 Å². The molecule has 26 heavy (non-hydrogen) atoms. The molecular weight excluding hydrogens is 391 g/mol. The Bertz CT molecular complexity index is 910. The Labute approximate surface area is 165 Å². The van der Waals surface area contributed by atoms with Crippen molar-refractivity contribution in [2.75, 3.05) is 11.9 Å². The van der Waals surface area contributed by atoms with Crippen LogP contribution in [0.4, 0.5) is 5.13 Å². The lowest BCUT2D eigenvalue weighted by Gasteiger charge is -2.07. The van der Waals surface area contributed by atoms with Crippen LogP contribution in [0.3, 0.4) is 0 Å². The lowest BCUT2D eigenvalue weighted by Crippen LogP contribution is -2.20. The third-order valence-corrected chi connectivity index (χ3v) is 5.01. The van der Waals surface area contributed by atoms with E-state index in [0.29, 0.717) is 20.9 Å². The summed E-state index contributed by atoms with van der Waals surface area (Å²) < 4.78 is 5.41. The van der Waals surface area contributed by atoms with E-state index in [1.165, 1.54) is 22.5 Å². The van der Waals surface area contributed by atoms with Crippen molar-refractivity contribution in [3.63, 3.8) is 0 Å². The van der Waals surface area contributed by atoms with Crippen LogP contribution in [0.15, 0.2) is 48.7 Å². The van der Waals surface area contributed by atoms with Gasteiger partial charge in [0.2, 0.25) is 0 Å². The highest BCUT2D eigenvalue weighted by Crippen LogP contribution is 2.27. The summed E-state index contributed by atoms with van der Waals surface area (Å²) in [5, 5.41) is 4.16. The van der Waals surface area contributed by atoms with E-state index in [-0.39, 0.29) is 12.5 Å². The summed E-state index contributed by atoms with van der Waals surface area (Å²) in [6.07, 6.45) is 2.55. The van der Waals surface area contributed by atoms with Gasteiger partial charge in [-0.2, -0.15) is 0 Å². The minimum atomic E-state index is -0.308. The third-order valence-electron chi connectivity index (χ3n) is 3.55. The minimum Gasteiger partial charge on any atom is -0.482 e. The molecule has 0 saturated heterocycles. The first kappa shape index (κ1) is 18.7. The van der Waals surface area contributed by atoms with Crippen molar-refractivity contribution < 1.29 is 9.53 Å². The third kappa shape index (κ3) is 5.21. The Kier molecular flexibility index (Phi) is 6.14. The molecule has 1 heterocycles. The fraction of sp³-hybridized carbons (Fsp3) is 0.158. The molecule has 3 aromatic rings. The summed E-state index contributed by atoms with van der Waals surface area (Å²) in [6, 6.07) is 13.2. The van der Waals surface area contributed by atoms with Crippen molar-refractivity contribution in [2.45, 2.75) is 13.3 Å². The molecule has 0 saturated carbocycles. The summed E-state index contributed by atoms with van der Waals surface area (Å²) in [7, 11) is 0. The van der Waals surface area contributed by atoms with Crippen molar-refractivity contribution in [3.05, 3.63) is 74.7 Å². The van der Waals surface area contributed by atoms with Crippen molar-refractivity contribution in [1.82, 2.24) is 4.98 Å². The predicted octanol–water partition coefficient (Wildman–Crippen LogP) is 5.37. The van der Waals surface area contributed by atoms with E-state index in [1.54, 1.807) is 24.4 Å². The molecule has 1 N–H and O–H groups in total. The van der Waals surface area contributed by atoms with E-state index in [9.17, 15) is 4.79 Å². The van der Waals surface area contributed by atoms with Gasteiger partial charge in [0, 0.05) is 28.6 Å². The van der Waals surface area contributed by atoms with Gasteiger partial charge in [-0.15, -0.1) is 11.3 Å². The molecular formula is C19H16Cl2N2O2S. The lowest BCUT2D eigenvalue weighted by atomic mass is 10.1. The molecule has 0 atom stereocenters. The van der Waals surface area contributed by atoms with Gasteiger partial charge >= 0.3 is 0 Å².